The van der Waals surface area contributed by atoms with Crippen LogP contribution in [0.2, 0.25) is 0 Å². The van der Waals surface area contributed by atoms with Crippen LogP contribution in [0.1, 0.15) is 64.0 Å². The molecular weight excluding hydrogens is 582 g/mol. The third kappa shape index (κ3) is 15.6. The monoisotopic (exact) mass is 627 g/mol. The highest BCUT2D eigenvalue weighted by Crippen LogP contribution is 2.10. The number of hydrogen-bond acceptors (Lipinski definition) is 8. The third-order valence-electron chi connectivity index (χ3n) is 6.40. The normalized spacial score (nSPS) is 13.0. The molecule has 5 amide bonds. The lowest BCUT2D eigenvalue weighted by atomic mass is 10.0. The van der Waals surface area contributed by atoms with Crippen molar-refractivity contribution < 1.29 is 38.6 Å². The van der Waals surface area contributed by atoms with Gasteiger partial charge in [-0.25, -0.2) is 9.59 Å². The molecule has 2 rings (SSSR count). The summed E-state index contributed by atoms with van der Waals surface area (Å²) in [6.45, 7) is 5.63. The highest BCUT2D eigenvalue weighted by Gasteiger charge is 2.31. The molecule has 0 fully saturated rings. The number of aliphatic hydroxyl groups excluding tert-OH is 1. The summed E-state index contributed by atoms with van der Waals surface area (Å²) in [4.78, 5) is 62.2. The van der Waals surface area contributed by atoms with E-state index in [1.807, 2.05) is 36.4 Å². The van der Waals surface area contributed by atoms with E-state index in [-0.39, 0.29) is 39.0 Å². The fraction of sp³-hybridized carbons (Fsp3) is 0.469. The molecule has 13 heteroatoms. The van der Waals surface area contributed by atoms with Gasteiger partial charge in [0.25, 0.3) is 5.91 Å². The van der Waals surface area contributed by atoms with Crippen LogP contribution in [0.4, 0.5) is 9.59 Å². The first-order chi connectivity index (χ1) is 21.3. The molecular formula is C32H45N5O8. The Kier molecular flexibility index (Phi) is 15.3. The summed E-state index contributed by atoms with van der Waals surface area (Å²) in [6.07, 6.45) is -2.44. The maximum Gasteiger partial charge on any atom is 0.408 e. The lowest BCUT2D eigenvalue weighted by Gasteiger charge is -2.26. The molecule has 0 saturated heterocycles. The maximum absolute atomic E-state index is 13.3. The summed E-state index contributed by atoms with van der Waals surface area (Å²) in [6, 6.07) is 15.7. The van der Waals surface area contributed by atoms with Gasteiger partial charge in [0.15, 0.2) is 6.10 Å². The predicted molar refractivity (Wildman–Crippen MR) is 166 cm³/mol. The smallest absolute Gasteiger partial charge is 0.408 e. The van der Waals surface area contributed by atoms with Gasteiger partial charge in [0.1, 0.15) is 18.2 Å². The van der Waals surface area contributed by atoms with Gasteiger partial charge in [0, 0.05) is 19.5 Å². The van der Waals surface area contributed by atoms with Crippen LogP contribution in [0.15, 0.2) is 60.7 Å². The molecule has 0 bridgehead atoms. The van der Waals surface area contributed by atoms with Gasteiger partial charge in [-0.1, -0.05) is 60.7 Å². The lowest BCUT2D eigenvalue weighted by molar-refractivity contribution is -0.133. The zero-order valence-electron chi connectivity index (χ0n) is 26.0. The number of unbranched alkanes of at least 4 members (excludes halogenated alkanes) is 1. The van der Waals surface area contributed by atoms with Crippen molar-refractivity contribution in [1.82, 2.24) is 21.3 Å². The number of primary amides is 1. The van der Waals surface area contributed by atoms with Gasteiger partial charge >= 0.3 is 12.2 Å². The number of carbonyl (C=O) groups excluding carboxylic acids is 5. The third-order valence-corrected chi connectivity index (χ3v) is 6.40. The minimum Gasteiger partial charge on any atom is -0.445 e. The molecule has 3 atom stereocenters. The van der Waals surface area contributed by atoms with Crippen molar-refractivity contribution in [1.29, 1.82) is 0 Å². The Labute approximate surface area is 263 Å². The maximum atomic E-state index is 13.3. The topological polar surface area (TPSA) is 198 Å². The first-order valence-corrected chi connectivity index (χ1v) is 14.9. The molecule has 7 N–H and O–H groups in total. The SMILES string of the molecule is CC(C)(C)OC(=O)NCCCC[C@H](NC(=O)[C@H](CCC(N)=O)NC(=O)OCc1ccccc1)C(O)C(=O)NCc1ccccc1. The second kappa shape index (κ2) is 18.9. The van der Waals surface area contributed by atoms with E-state index in [1.54, 1.807) is 45.0 Å². The van der Waals surface area contributed by atoms with E-state index in [9.17, 15) is 29.1 Å². The van der Waals surface area contributed by atoms with E-state index in [0.717, 1.165) is 11.1 Å². The van der Waals surface area contributed by atoms with Crippen molar-refractivity contribution in [3.05, 3.63) is 71.8 Å². The number of nitrogens with one attached hydrogen (secondary N) is 4. The number of carbonyl (C=O) groups is 5. The molecule has 0 aliphatic rings. The van der Waals surface area contributed by atoms with Crippen molar-refractivity contribution in [3.8, 4) is 0 Å². The molecule has 0 spiro atoms. The molecule has 0 aliphatic carbocycles. The van der Waals surface area contributed by atoms with E-state index in [0.29, 0.717) is 12.8 Å². The molecule has 2 aromatic rings. The zero-order valence-corrected chi connectivity index (χ0v) is 26.0. The number of nitrogens with two attached hydrogens (primary N) is 1. The first kappa shape index (κ1) is 36.5. The summed E-state index contributed by atoms with van der Waals surface area (Å²) in [5.74, 6) is -2.12. The molecule has 0 aromatic heterocycles. The Hall–Kier alpha value is -4.65. The highest BCUT2D eigenvalue weighted by molar-refractivity contribution is 5.88. The van der Waals surface area contributed by atoms with Crippen LogP contribution in [-0.4, -0.2) is 65.3 Å². The van der Waals surface area contributed by atoms with Crippen molar-refractivity contribution in [2.45, 2.75) is 89.8 Å². The van der Waals surface area contributed by atoms with Crippen LogP contribution in [0.25, 0.3) is 0 Å². The number of hydrogen-bond donors (Lipinski definition) is 6. The van der Waals surface area contributed by atoms with Gasteiger partial charge in [-0.05, 0) is 57.6 Å². The molecule has 0 heterocycles. The van der Waals surface area contributed by atoms with Crippen molar-refractivity contribution in [3.63, 3.8) is 0 Å². The summed E-state index contributed by atoms with van der Waals surface area (Å²) in [5, 5.41) is 21.4. The number of ether oxygens (including phenoxy) is 2. The van der Waals surface area contributed by atoms with Gasteiger partial charge < -0.3 is 41.6 Å². The fourth-order valence-electron chi connectivity index (χ4n) is 4.12. The van der Waals surface area contributed by atoms with E-state index in [4.69, 9.17) is 15.2 Å². The summed E-state index contributed by atoms with van der Waals surface area (Å²) in [5.41, 5.74) is 6.18. The number of rotatable bonds is 17. The van der Waals surface area contributed by atoms with E-state index in [2.05, 4.69) is 21.3 Å². The second-order valence-electron chi connectivity index (χ2n) is 11.5. The Morgan fingerprint density at radius 2 is 1.42 bits per heavy atom. The van der Waals surface area contributed by atoms with Crippen LogP contribution in [-0.2, 0) is 37.0 Å². The van der Waals surface area contributed by atoms with Crippen LogP contribution in [0.5, 0.6) is 0 Å². The Morgan fingerprint density at radius 1 is 0.800 bits per heavy atom. The molecule has 246 valence electrons. The summed E-state index contributed by atoms with van der Waals surface area (Å²) < 4.78 is 10.4. The average molecular weight is 628 g/mol. The minimum absolute atomic E-state index is 0.0446. The van der Waals surface area contributed by atoms with E-state index < -0.39 is 53.7 Å². The Morgan fingerprint density at radius 3 is 2.02 bits per heavy atom. The molecule has 2 aromatic carbocycles. The molecule has 45 heavy (non-hydrogen) atoms. The number of alkyl carbamates (subject to hydrolysis) is 2. The molecule has 1 unspecified atom stereocenters. The van der Waals surface area contributed by atoms with E-state index >= 15 is 0 Å². The number of amides is 5. The highest BCUT2D eigenvalue weighted by atomic mass is 16.6. The Balaban J connectivity index is 2.06. The van der Waals surface area contributed by atoms with Gasteiger partial charge in [-0.3, -0.25) is 14.4 Å². The van der Waals surface area contributed by atoms with Crippen LogP contribution >= 0.6 is 0 Å². The quantitative estimate of drug-likeness (QED) is 0.144. The van der Waals surface area contributed by atoms with Gasteiger partial charge in [-0.15, -0.1) is 0 Å². The second-order valence-corrected chi connectivity index (χ2v) is 11.5. The summed E-state index contributed by atoms with van der Waals surface area (Å²) >= 11 is 0. The van der Waals surface area contributed by atoms with Crippen LogP contribution in [0, 0.1) is 0 Å². The van der Waals surface area contributed by atoms with Gasteiger partial charge in [0.05, 0.1) is 6.04 Å². The fourth-order valence-corrected chi connectivity index (χ4v) is 4.12. The van der Waals surface area contributed by atoms with Gasteiger partial charge in [-0.2, -0.15) is 0 Å². The van der Waals surface area contributed by atoms with Gasteiger partial charge in [0.2, 0.25) is 11.8 Å². The molecule has 0 aliphatic heterocycles. The number of aliphatic hydroxyl groups is 1. The predicted octanol–water partition coefficient (Wildman–Crippen LogP) is 2.40. The largest absolute Gasteiger partial charge is 0.445 e. The first-order valence-electron chi connectivity index (χ1n) is 14.9. The number of benzene rings is 2. The minimum atomic E-state index is -1.64. The standard InChI is InChI=1S/C32H45N5O8/c1-32(2,3)45-30(42)34-19-11-10-16-24(27(39)29(41)35-20-22-12-6-4-7-13-22)36-28(40)25(17-18-26(33)38)37-31(43)44-21-23-14-8-5-9-15-23/h4-9,12-15,24-25,27,39H,10-11,16-21H2,1-3H3,(H2,33,38)(H,34,42)(H,35,41)(H,36,40)(H,37,43)/t24-,25-,27?/m0/s1. The average Bonchev–Trinajstić information content (AvgIpc) is 2.99. The van der Waals surface area contributed by atoms with Crippen molar-refractivity contribution in [2.75, 3.05) is 6.54 Å². The molecule has 0 radical (unpaired) electrons. The van der Waals surface area contributed by atoms with Crippen LogP contribution < -0.4 is 27.0 Å². The Bertz CT molecular complexity index is 1240. The van der Waals surface area contributed by atoms with Crippen molar-refractivity contribution >= 4 is 29.9 Å². The zero-order chi connectivity index (χ0) is 33.2. The van der Waals surface area contributed by atoms with E-state index in [1.165, 1.54) is 0 Å². The van der Waals surface area contributed by atoms with Crippen LogP contribution in [0.3, 0.4) is 0 Å². The van der Waals surface area contributed by atoms with Crippen molar-refractivity contribution in [2.24, 2.45) is 5.73 Å². The summed E-state index contributed by atoms with van der Waals surface area (Å²) in [7, 11) is 0. The lowest BCUT2D eigenvalue weighted by Crippen LogP contribution is -2.55. The molecule has 13 nitrogen and oxygen atoms in total. The molecule has 0 saturated carbocycles.